The monoisotopic (exact) mass is 431 g/mol. The number of halogens is 1. The smallest absolute Gasteiger partial charge is 0.277 e. The highest BCUT2D eigenvalue weighted by Crippen LogP contribution is 2.24. The lowest BCUT2D eigenvalue weighted by molar-refractivity contribution is -0.117. The van der Waals surface area contributed by atoms with Gasteiger partial charge in [0.15, 0.2) is 6.10 Å². The molecule has 8 nitrogen and oxygen atoms in total. The standard InChI is InChI=1S/C20H18FN3O5S/c1-12(28-16-9-5-14(21)6-10-16)19-23-24-20(29-19)30-11-17(25)22-18(26)13-3-7-15(27-2)8-4-13/h3-10,12H,11H2,1-2H3,(H,22,25,26)/t12-/m1/s1. The van der Waals surface area contributed by atoms with E-state index in [1.807, 2.05) is 0 Å². The van der Waals surface area contributed by atoms with Crippen LogP contribution in [-0.2, 0) is 4.79 Å². The maximum absolute atomic E-state index is 12.9. The van der Waals surface area contributed by atoms with Gasteiger partial charge in [-0.1, -0.05) is 11.8 Å². The third kappa shape index (κ3) is 5.80. The normalized spacial score (nSPS) is 11.6. The van der Waals surface area contributed by atoms with Crippen LogP contribution in [0.4, 0.5) is 4.39 Å². The number of methoxy groups -OCH3 is 1. The number of imide groups is 1. The number of carbonyl (C=O) groups is 2. The minimum Gasteiger partial charge on any atom is -0.497 e. The van der Waals surface area contributed by atoms with Gasteiger partial charge in [0.25, 0.3) is 17.0 Å². The number of thioether (sulfide) groups is 1. The molecule has 0 unspecified atom stereocenters. The Morgan fingerprint density at radius 1 is 1.10 bits per heavy atom. The Morgan fingerprint density at radius 3 is 2.43 bits per heavy atom. The van der Waals surface area contributed by atoms with Gasteiger partial charge in [0.2, 0.25) is 5.91 Å². The molecule has 1 heterocycles. The van der Waals surface area contributed by atoms with E-state index in [-0.39, 0.29) is 22.7 Å². The van der Waals surface area contributed by atoms with Gasteiger partial charge in [-0.05, 0) is 55.5 Å². The van der Waals surface area contributed by atoms with Gasteiger partial charge in [-0.15, -0.1) is 10.2 Å². The van der Waals surface area contributed by atoms with Crippen LogP contribution in [0.2, 0.25) is 0 Å². The van der Waals surface area contributed by atoms with E-state index in [1.54, 1.807) is 31.2 Å². The molecular weight excluding hydrogens is 413 g/mol. The van der Waals surface area contributed by atoms with E-state index in [2.05, 4.69) is 15.5 Å². The second-order valence-corrected chi connectivity index (χ2v) is 6.94. The SMILES string of the molecule is COc1ccc(C(=O)NC(=O)CSc2nnc([C@@H](C)Oc3ccc(F)cc3)o2)cc1. The summed E-state index contributed by atoms with van der Waals surface area (Å²) in [4.78, 5) is 24.1. The van der Waals surface area contributed by atoms with E-state index in [1.165, 1.54) is 31.4 Å². The molecule has 0 fully saturated rings. The van der Waals surface area contributed by atoms with Crippen molar-refractivity contribution >= 4 is 23.6 Å². The van der Waals surface area contributed by atoms with Crippen LogP contribution in [0.3, 0.4) is 0 Å². The van der Waals surface area contributed by atoms with Gasteiger partial charge in [0.1, 0.15) is 17.3 Å². The number of nitrogens with zero attached hydrogens (tertiary/aromatic N) is 2. The number of nitrogens with one attached hydrogen (secondary N) is 1. The molecule has 30 heavy (non-hydrogen) atoms. The third-order valence-electron chi connectivity index (χ3n) is 3.83. The first kappa shape index (κ1) is 21.3. The molecule has 1 N–H and O–H groups in total. The highest BCUT2D eigenvalue weighted by Gasteiger charge is 2.18. The summed E-state index contributed by atoms with van der Waals surface area (Å²) in [7, 11) is 1.52. The molecule has 3 rings (SSSR count). The molecule has 10 heteroatoms. The first-order valence-electron chi connectivity index (χ1n) is 8.81. The summed E-state index contributed by atoms with van der Waals surface area (Å²) in [5, 5.41) is 10.2. The van der Waals surface area contributed by atoms with E-state index in [9.17, 15) is 14.0 Å². The highest BCUT2D eigenvalue weighted by molar-refractivity contribution is 7.99. The molecule has 0 saturated heterocycles. The predicted molar refractivity (Wildman–Crippen MR) is 106 cm³/mol. The Balaban J connectivity index is 1.48. The number of rotatable bonds is 8. The summed E-state index contributed by atoms with van der Waals surface area (Å²) in [5.74, 6) is -0.207. The largest absolute Gasteiger partial charge is 0.497 e. The Labute approximate surface area is 175 Å². The Hall–Kier alpha value is -3.40. The van der Waals surface area contributed by atoms with Crippen LogP contribution in [-0.4, -0.2) is 34.9 Å². The van der Waals surface area contributed by atoms with Crippen molar-refractivity contribution < 1.29 is 27.9 Å². The Morgan fingerprint density at radius 2 is 1.77 bits per heavy atom. The van der Waals surface area contributed by atoms with Crippen molar-refractivity contribution in [3.05, 3.63) is 65.8 Å². The van der Waals surface area contributed by atoms with Crippen LogP contribution >= 0.6 is 11.8 Å². The summed E-state index contributed by atoms with van der Waals surface area (Å²) in [6, 6.07) is 11.9. The maximum atomic E-state index is 12.9. The Bertz CT molecular complexity index is 1010. The first-order valence-corrected chi connectivity index (χ1v) is 9.80. The fourth-order valence-corrected chi connectivity index (χ4v) is 2.88. The number of aromatic nitrogens is 2. The number of amides is 2. The summed E-state index contributed by atoms with van der Waals surface area (Å²) in [5.41, 5.74) is 0.334. The zero-order chi connectivity index (χ0) is 21.5. The minimum atomic E-state index is -0.567. The molecule has 1 atom stereocenters. The lowest BCUT2D eigenvalue weighted by Crippen LogP contribution is -2.31. The van der Waals surface area contributed by atoms with Gasteiger partial charge in [0, 0.05) is 5.56 Å². The Kier molecular flexibility index (Phi) is 7.02. The quantitative estimate of drug-likeness (QED) is 0.541. The minimum absolute atomic E-state index is 0.0866. The van der Waals surface area contributed by atoms with Crippen LogP contribution in [0.5, 0.6) is 11.5 Å². The van der Waals surface area contributed by atoms with E-state index in [0.717, 1.165) is 11.8 Å². The van der Waals surface area contributed by atoms with Crippen molar-refractivity contribution in [2.75, 3.05) is 12.9 Å². The van der Waals surface area contributed by atoms with Crippen molar-refractivity contribution in [1.29, 1.82) is 0 Å². The average Bonchev–Trinajstić information content (AvgIpc) is 3.23. The van der Waals surface area contributed by atoms with Crippen molar-refractivity contribution in [3.63, 3.8) is 0 Å². The second kappa shape index (κ2) is 9.88. The molecular formula is C20H18FN3O5S. The second-order valence-electron chi connectivity index (χ2n) is 6.01. The van der Waals surface area contributed by atoms with E-state index in [0.29, 0.717) is 17.1 Å². The van der Waals surface area contributed by atoms with Crippen LogP contribution in [0.1, 0.15) is 29.3 Å². The summed E-state index contributed by atoms with van der Waals surface area (Å²) in [6.45, 7) is 1.70. The molecule has 2 amide bonds. The molecule has 1 aromatic heterocycles. The van der Waals surface area contributed by atoms with Gasteiger partial charge < -0.3 is 13.9 Å². The average molecular weight is 431 g/mol. The van der Waals surface area contributed by atoms with E-state index >= 15 is 0 Å². The molecule has 0 aliphatic heterocycles. The summed E-state index contributed by atoms with van der Waals surface area (Å²) >= 11 is 0.989. The van der Waals surface area contributed by atoms with Crippen molar-refractivity contribution in [2.24, 2.45) is 0 Å². The highest BCUT2D eigenvalue weighted by atomic mass is 32.2. The van der Waals surface area contributed by atoms with Gasteiger partial charge in [0.05, 0.1) is 12.9 Å². The number of hydrogen-bond donors (Lipinski definition) is 1. The van der Waals surface area contributed by atoms with Crippen molar-refractivity contribution in [2.45, 2.75) is 18.3 Å². The molecule has 0 saturated carbocycles. The summed E-state index contributed by atoms with van der Waals surface area (Å²) < 4.78 is 29.1. The van der Waals surface area contributed by atoms with Gasteiger partial charge in [-0.2, -0.15) is 0 Å². The van der Waals surface area contributed by atoms with Gasteiger partial charge >= 0.3 is 0 Å². The number of ether oxygens (including phenoxy) is 2. The number of carbonyl (C=O) groups excluding carboxylic acids is 2. The zero-order valence-electron chi connectivity index (χ0n) is 16.1. The molecule has 0 aliphatic rings. The van der Waals surface area contributed by atoms with Crippen LogP contribution in [0.25, 0.3) is 0 Å². The van der Waals surface area contributed by atoms with Crippen LogP contribution in [0.15, 0.2) is 58.2 Å². The van der Waals surface area contributed by atoms with Gasteiger partial charge in [-0.3, -0.25) is 14.9 Å². The van der Waals surface area contributed by atoms with Gasteiger partial charge in [-0.25, -0.2) is 4.39 Å². The van der Waals surface area contributed by atoms with Crippen LogP contribution < -0.4 is 14.8 Å². The van der Waals surface area contributed by atoms with E-state index in [4.69, 9.17) is 13.9 Å². The molecule has 3 aromatic rings. The zero-order valence-corrected chi connectivity index (χ0v) is 16.9. The number of benzene rings is 2. The topological polar surface area (TPSA) is 104 Å². The van der Waals surface area contributed by atoms with E-state index < -0.39 is 17.9 Å². The lowest BCUT2D eigenvalue weighted by Gasteiger charge is -2.10. The molecule has 0 radical (unpaired) electrons. The molecule has 2 aromatic carbocycles. The fraction of sp³-hybridized carbons (Fsp3) is 0.200. The maximum Gasteiger partial charge on any atom is 0.277 e. The molecule has 0 bridgehead atoms. The molecule has 0 aliphatic carbocycles. The number of hydrogen-bond acceptors (Lipinski definition) is 8. The fourth-order valence-electron chi connectivity index (χ4n) is 2.32. The third-order valence-corrected chi connectivity index (χ3v) is 4.65. The summed E-state index contributed by atoms with van der Waals surface area (Å²) in [6.07, 6.45) is -0.567. The van der Waals surface area contributed by atoms with Crippen molar-refractivity contribution in [1.82, 2.24) is 15.5 Å². The lowest BCUT2D eigenvalue weighted by atomic mass is 10.2. The molecule has 156 valence electrons. The van der Waals surface area contributed by atoms with Crippen LogP contribution in [0, 0.1) is 5.82 Å². The first-order chi connectivity index (χ1) is 14.4. The molecule has 0 spiro atoms. The van der Waals surface area contributed by atoms with Crippen molar-refractivity contribution in [3.8, 4) is 11.5 Å². The predicted octanol–water partition coefficient (Wildman–Crippen LogP) is 3.41.